The zero-order chi connectivity index (χ0) is 14.5. The van der Waals surface area contributed by atoms with Crippen LogP contribution in [0.5, 0.6) is 0 Å². The van der Waals surface area contributed by atoms with Crippen molar-refractivity contribution in [2.75, 3.05) is 31.9 Å². The highest BCUT2D eigenvalue weighted by Crippen LogP contribution is 2.36. The predicted molar refractivity (Wildman–Crippen MR) is 107 cm³/mol. The van der Waals surface area contributed by atoms with E-state index in [1.807, 2.05) is 12.1 Å². The Morgan fingerprint density at radius 3 is 2.50 bits per heavy atom. The first kappa shape index (κ1) is 22.2. The molecule has 3 N–H and O–H groups in total. The van der Waals surface area contributed by atoms with Crippen molar-refractivity contribution in [2.24, 2.45) is 0 Å². The zero-order valence-electron chi connectivity index (χ0n) is 12.4. The third kappa shape index (κ3) is 5.69. The highest BCUT2D eigenvalue weighted by atomic mass is 79.9. The van der Waals surface area contributed by atoms with Crippen LogP contribution in [0.2, 0.25) is 0 Å². The third-order valence-electron chi connectivity index (χ3n) is 3.72. The molecule has 2 rings (SSSR count). The van der Waals surface area contributed by atoms with Gasteiger partial charge in [0.05, 0.1) is 5.69 Å². The molecule has 1 aliphatic heterocycles. The molecule has 22 heavy (non-hydrogen) atoms. The average Bonchev–Trinajstić information content (AvgIpc) is 2.45. The fraction of sp³-hybridized carbons (Fsp3) is 0.467. The maximum atomic E-state index is 6.29. The van der Waals surface area contributed by atoms with Gasteiger partial charge in [0.15, 0.2) is 0 Å². The Morgan fingerprint density at radius 2 is 1.91 bits per heavy atom. The van der Waals surface area contributed by atoms with Gasteiger partial charge in [-0.15, -0.1) is 31.4 Å². The summed E-state index contributed by atoms with van der Waals surface area (Å²) in [6.07, 6.45) is 4.03. The van der Waals surface area contributed by atoms with Crippen LogP contribution in [0.4, 0.5) is 5.69 Å². The van der Waals surface area contributed by atoms with Gasteiger partial charge in [0, 0.05) is 41.2 Å². The van der Waals surface area contributed by atoms with Gasteiger partial charge in [-0.25, -0.2) is 0 Å². The second kappa shape index (κ2) is 10.9. The molecule has 0 amide bonds. The Balaban J connectivity index is 0.00000220. The van der Waals surface area contributed by atoms with E-state index in [-0.39, 0.29) is 24.8 Å². The molecule has 0 radical (unpaired) electrons. The lowest BCUT2D eigenvalue weighted by Crippen LogP contribution is -2.45. The van der Waals surface area contributed by atoms with Gasteiger partial charge < -0.3 is 11.1 Å². The Bertz CT molecular complexity index is 480. The van der Waals surface area contributed by atoms with Gasteiger partial charge in [-0.05, 0) is 46.5 Å². The van der Waals surface area contributed by atoms with Crippen molar-refractivity contribution in [1.82, 2.24) is 10.2 Å². The summed E-state index contributed by atoms with van der Waals surface area (Å²) in [7, 11) is 0. The molecular formula is C15H23Br2Cl2N3. The minimum absolute atomic E-state index is 0. The van der Waals surface area contributed by atoms with E-state index in [9.17, 15) is 0 Å². The standard InChI is InChI=1S/C15H21Br2N3.2ClH/c1-2-3-4-14(20-7-5-19-6-8-20)12-9-11(16)10-13(17)15(12)18;;/h2,9-10,14,19H,1,3-8,18H2;2*1H/t14-;;/m1../s1. The van der Waals surface area contributed by atoms with Crippen molar-refractivity contribution in [3.63, 3.8) is 0 Å². The van der Waals surface area contributed by atoms with E-state index in [1.165, 1.54) is 5.56 Å². The van der Waals surface area contributed by atoms with Crippen LogP contribution >= 0.6 is 56.7 Å². The number of piperazine rings is 1. The molecule has 1 atom stereocenters. The van der Waals surface area contributed by atoms with Gasteiger partial charge in [0.1, 0.15) is 0 Å². The number of hydrogen-bond acceptors (Lipinski definition) is 3. The van der Waals surface area contributed by atoms with Crippen molar-refractivity contribution in [3.8, 4) is 0 Å². The number of nitrogen functional groups attached to an aromatic ring is 1. The Morgan fingerprint density at radius 1 is 1.27 bits per heavy atom. The van der Waals surface area contributed by atoms with Crippen LogP contribution in [0.3, 0.4) is 0 Å². The lowest BCUT2D eigenvalue weighted by Gasteiger charge is -2.36. The maximum absolute atomic E-state index is 6.29. The van der Waals surface area contributed by atoms with Gasteiger partial charge in [0.25, 0.3) is 0 Å². The summed E-state index contributed by atoms with van der Waals surface area (Å²) in [6, 6.07) is 4.50. The summed E-state index contributed by atoms with van der Waals surface area (Å²) in [5, 5.41) is 3.40. The molecule has 1 heterocycles. The van der Waals surface area contributed by atoms with E-state index in [0.29, 0.717) is 6.04 Å². The molecule has 1 fully saturated rings. The van der Waals surface area contributed by atoms with Gasteiger partial charge in [-0.1, -0.05) is 22.0 Å². The summed E-state index contributed by atoms with van der Waals surface area (Å²) in [5.74, 6) is 0. The first-order valence-electron chi connectivity index (χ1n) is 6.93. The lowest BCUT2D eigenvalue weighted by molar-refractivity contribution is 0.166. The summed E-state index contributed by atoms with van der Waals surface area (Å²) < 4.78 is 2.02. The number of rotatable bonds is 5. The predicted octanol–water partition coefficient (Wildman–Crippen LogP) is 4.55. The second-order valence-electron chi connectivity index (χ2n) is 5.06. The zero-order valence-corrected chi connectivity index (χ0v) is 17.2. The fourth-order valence-corrected chi connectivity index (χ4v) is 3.94. The fourth-order valence-electron chi connectivity index (χ4n) is 2.68. The maximum Gasteiger partial charge on any atom is 0.0507 e. The molecule has 7 heteroatoms. The number of nitrogens with two attached hydrogens (primary N) is 1. The number of halogens is 4. The molecule has 126 valence electrons. The van der Waals surface area contributed by atoms with E-state index in [2.05, 4.69) is 54.7 Å². The van der Waals surface area contributed by atoms with Gasteiger partial charge in [0.2, 0.25) is 0 Å². The smallest absolute Gasteiger partial charge is 0.0507 e. The molecule has 1 saturated heterocycles. The lowest BCUT2D eigenvalue weighted by atomic mass is 9.98. The largest absolute Gasteiger partial charge is 0.398 e. The highest BCUT2D eigenvalue weighted by Gasteiger charge is 2.24. The first-order valence-corrected chi connectivity index (χ1v) is 8.52. The Labute approximate surface area is 162 Å². The van der Waals surface area contributed by atoms with Crippen LogP contribution in [-0.4, -0.2) is 31.1 Å². The molecule has 3 nitrogen and oxygen atoms in total. The van der Waals surface area contributed by atoms with E-state index in [4.69, 9.17) is 5.73 Å². The monoisotopic (exact) mass is 473 g/mol. The van der Waals surface area contributed by atoms with Crippen LogP contribution < -0.4 is 11.1 Å². The number of nitrogens with one attached hydrogen (secondary N) is 1. The topological polar surface area (TPSA) is 41.3 Å². The van der Waals surface area contributed by atoms with Crippen LogP contribution in [0.15, 0.2) is 33.7 Å². The number of benzene rings is 1. The summed E-state index contributed by atoms with van der Waals surface area (Å²) in [6.45, 7) is 8.05. The van der Waals surface area contributed by atoms with E-state index in [0.717, 1.165) is 53.7 Å². The van der Waals surface area contributed by atoms with E-state index < -0.39 is 0 Å². The van der Waals surface area contributed by atoms with Crippen molar-refractivity contribution in [1.29, 1.82) is 0 Å². The number of anilines is 1. The summed E-state index contributed by atoms with van der Waals surface area (Å²) in [4.78, 5) is 2.52. The molecule has 1 aromatic rings. The molecule has 0 unspecified atom stereocenters. The quantitative estimate of drug-likeness (QED) is 0.485. The van der Waals surface area contributed by atoms with Gasteiger partial charge in [-0.2, -0.15) is 0 Å². The van der Waals surface area contributed by atoms with Crippen molar-refractivity contribution in [3.05, 3.63) is 39.3 Å². The average molecular weight is 476 g/mol. The minimum atomic E-state index is 0. The van der Waals surface area contributed by atoms with Gasteiger partial charge in [-0.3, -0.25) is 4.90 Å². The highest BCUT2D eigenvalue weighted by molar-refractivity contribution is 9.11. The molecule has 0 aliphatic carbocycles. The molecular weight excluding hydrogens is 453 g/mol. The van der Waals surface area contributed by atoms with Crippen molar-refractivity contribution >= 4 is 62.4 Å². The number of nitrogens with zero attached hydrogens (tertiary/aromatic N) is 1. The number of hydrogen-bond donors (Lipinski definition) is 2. The van der Waals surface area contributed by atoms with Crippen LogP contribution in [0.1, 0.15) is 24.4 Å². The summed E-state index contributed by atoms with van der Waals surface area (Å²) in [5.41, 5.74) is 8.35. The first-order chi connectivity index (χ1) is 9.63. The number of allylic oxidation sites excluding steroid dienone is 1. The van der Waals surface area contributed by atoms with Gasteiger partial charge >= 0.3 is 0 Å². The Hall–Kier alpha value is 0.220. The molecule has 0 spiro atoms. The molecule has 1 aliphatic rings. The molecule has 0 saturated carbocycles. The molecule has 0 aromatic heterocycles. The Kier molecular flexibility index (Phi) is 11.0. The van der Waals surface area contributed by atoms with Crippen LogP contribution in [-0.2, 0) is 0 Å². The van der Waals surface area contributed by atoms with Crippen molar-refractivity contribution < 1.29 is 0 Å². The molecule has 1 aromatic carbocycles. The van der Waals surface area contributed by atoms with Crippen LogP contribution in [0.25, 0.3) is 0 Å². The summed E-state index contributed by atoms with van der Waals surface area (Å²) >= 11 is 7.12. The minimum Gasteiger partial charge on any atom is -0.398 e. The normalized spacial score (nSPS) is 16.3. The van der Waals surface area contributed by atoms with Crippen LogP contribution in [0, 0.1) is 0 Å². The third-order valence-corrected chi connectivity index (χ3v) is 4.84. The SMILES string of the molecule is C=CCC[C@H](c1cc(Br)cc(Br)c1N)N1CCNCC1.Cl.Cl. The van der Waals surface area contributed by atoms with E-state index in [1.54, 1.807) is 0 Å². The molecule has 0 bridgehead atoms. The van der Waals surface area contributed by atoms with E-state index >= 15 is 0 Å². The second-order valence-corrected chi connectivity index (χ2v) is 6.83. The van der Waals surface area contributed by atoms with Crippen molar-refractivity contribution in [2.45, 2.75) is 18.9 Å².